The van der Waals surface area contributed by atoms with E-state index in [2.05, 4.69) is 30.8 Å². The molecule has 0 heterocycles. The largest absolute Gasteiger partial charge is 0.0985 e. The van der Waals surface area contributed by atoms with E-state index in [1.54, 1.807) is 0 Å². The van der Waals surface area contributed by atoms with Crippen LogP contribution in [0.25, 0.3) is 6.08 Å². The molecule has 1 aromatic carbocycles. The molecule has 11 heavy (non-hydrogen) atoms. The SMILES string of the molecule is C=Cc1ccc(CC[SiH3])cc1. The van der Waals surface area contributed by atoms with E-state index in [1.807, 2.05) is 6.08 Å². The van der Waals surface area contributed by atoms with Crippen LogP contribution in [0.15, 0.2) is 30.8 Å². The molecule has 0 spiro atoms. The van der Waals surface area contributed by atoms with Gasteiger partial charge in [-0.1, -0.05) is 43.0 Å². The van der Waals surface area contributed by atoms with E-state index in [-0.39, 0.29) is 0 Å². The van der Waals surface area contributed by atoms with E-state index in [1.165, 1.54) is 33.8 Å². The first-order valence-corrected chi connectivity index (χ1v) is 5.49. The van der Waals surface area contributed by atoms with Crippen molar-refractivity contribution in [3.63, 3.8) is 0 Å². The fourth-order valence-corrected chi connectivity index (χ4v) is 1.69. The van der Waals surface area contributed by atoms with Crippen molar-refractivity contribution < 1.29 is 0 Å². The molecule has 0 aliphatic carbocycles. The third-order valence-corrected chi connectivity index (χ3v) is 2.25. The summed E-state index contributed by atoms with van der Waals surface area (Å²) in [6, 6.07) is 9.98. The van der Waals surface area contributed by atoms with Crippen molar-refractivity contribution in [2.45, 2.75) is 12.5 Å². The minimum absolute atomic E-state index is 1.21. The molecule has 0 aliphatic heterocycles. The fourth-order valence-electron chi connectivity index (χ4n) is 1.11. The van der Waals surface area contributed by atoms with Crippen LogP contribution in [0.1, 0.15) is 11.1 Å². The van der Waals surface area contributed by atoms with Crippen LogP contribution in [0, 0.1) is 0 Å². The van der Waals surface area contributed by atoms with Gasteiger partial charge < -0.3 is 0 Å². The average Bonchev–Trinajstić information content (AvgIpc) is 2.07. The quantitative estimate of drug-likeness (QED) is 0.593. The lowest BCUT2D eigenvalue weighted by Gasteiger charge is -1.97. The van der Waals surface area contributed by atoms with Crippen LogP contribution in [0.4, 0.5) is 0 Å². The molecule has 0 radical (unpaired) electrons. The smallest absolute Gasteiger partial charge is 0.00321 e. The van der Waals surface area contributed by atoms with Gasteiger partial charge in [-0.15, -0.1) is 0 Å². The summed E-state index contributed by atoms with van der Waals surface area (Å²) >= 11 is 0. The Morgan fingerprint density at radius 2 is 1.91 bits per heavy atom. The zero-order chi connectivity index (χ0) is 8.10. The van der Waals surface area contributed by atoms with Gasteiger partial charge in [-0.2, -0.15) is 0 Å². The number of hydrogen-bond donors (Lipinski definition) is 0. The van der Waals surface area contributed by atoms with Crippen molar-refractivity contribution >= 4 is 16.3 Å². The average molecular weight is 162 g/mol. The van der Waals surface area contributed by atoms with Gasteiger partial charge in [0.25, 0.3) is 0 Å². The fraction of sp³-hybridized carbons (Fsp3) is 0.200. The van der Waals surface area contributed by atoms with Gasteiger partial charge in [-0.3, -0.25) is 0 Å². The second-order valence-electron chi connectivity index (χ2n) is 2.70. The second-order valence-corrected chi connectivity index (χ2v) is 3.70. The number of hydrogen-bond acceptors (Lipinski definition) is 0. The molecule has 58 valence electrons. The Labute approximate surface area is 71.4 Å². The Kier molecular flexibility index (Phi) is 3.11. The number of benzene rings is 1. The summed E-state index contributed by atoms with van der Waals surface area (Å²) in [6.45, 7) is 3.71. The summed E-state index contributed by atoms with van der Waals surface area (Å²) in [6.07, 6.45) is 3.12. The summed E-state index contributed by atoms with van der Waals surface area (Å²) in [5, 5.41) is 0. The second kappa shape index (κ2) is 4.14. The molecular formula is C10H14Si. The van der Waals surface area contributed by atoms with E-state index in [0.29, 0.717) is 0 Å². The molecule has 1 aromatic rings. The lowest BCUT2D eigenvalue weighted by atomic mass is 10.1. The Balaban J connectivity index is 2.74. The number of rotatable bonds is 3. The monoisotopic (exact) mass is 162 g/mol. The van der Waals surface area contributed by atoms with Crippen LogP contribution in [0.3, 0.4) is 0 Å². The molecule has 0 bridgehead atoms. The molecule has 0 N–H and O–H groups in total. The molecule has 0 nitrogen and oxygen atoms in total. The molecule has 1 heteroatoms. The van der Waals surface area contributed by atoms with E-state index in [4.69, 9.17) is 0 Å². The molecular weight excluding hydrogens is 148 g/mol. The molecule has 0 amide bonds. The Morgan fingerprint density at radius 3 is 2.36 bits per heavy atom. The standard InChI is InChI=1S/C10H14Si/c1-2-9-3-5-10(6-4-9)7-8-11/h2-6H,1,7-8H2,11H3. The normalized spacial score (nSPS) is 9.82. The van der Waals surface area contributed by atoms with Gasteiger partial charge >= 0.3 is 0 Å². The van der Waals surface area contributed by atoms with Gasteiger partial charge in [-0.25, -0.2) is 0 Å². The van der Waals surface area contributed by atoms with Crippen molar-refractivity contribution in [1.29, 1.82) is 0 Å². The number of aryl methyl sites for hydroxylation is 1. The Bertz CT molecular complexity index is 223. The maximum atomic E-state index is 3.71. The van der Waals surface area contributed by atoms with Crippen LogP contribution < -0.4 is 0 Å². The van der Waals surface area contributed by atoms with E-state index >= 15 is 0 Å². The van der Waals surface area contributed by atoms with Gasteiger partial charge in [0.15, 0.2) is 0 Å². The van der Waals surface area contributed by atoms with Crippen molar-refractivity contribution in [2.24, 2.45) is 0 Å². The van der Waals surface area contributed by atoms with Crippen molar-refractivity contribution in [1.82, 2.24) is 0 Å². The summed E-state index contributed by atoms with van der Waals surface area (Å²) in [5.41, 5.74) is 2.66. The maximum absolute atomic E-state index is 3.71. The highest BCUT2D eigenvalue weighted by Gasteiger charge is 1.89. The highest BCUT2D eigenvalue weighted by atomic mass is 28.1. The Hall–Kier alpha value is -0.823. The third kappa shape index (κ3) is 2.35. The van der Waals surface area contributed by atoms with Crippen LogP contribution >= 0.6 is 0 Å². The van der Waals surface area contributed by atoms with E-state index < -0.39 is 0 Å². The molecule has 0 atom stereocenters. The lowest BCUT2D eigenvalue weighted by molar-refractivity contribution is 1.13. The summed E-state index contributed by atoms with van der Waals surface area (Å²) in [4.78, 5) is 0. The minimum Gasteiger partial charge on any atom is -0.0985 e. The zero-order valence-electron chi connectivity index (χ0n) is 7.01. The highest BCUT2D eigenvalue weighted by Crippen LogP contribution is 2.06. The van der Waals surface area contributed by atoms with Crippen molar-refractivity contribution in [3.8, 4) is 0 Å². The summed E-state index contributed by atoms with van der Waals surface area (Å²) < 4.78 is 0. The molecule has 0 aliphatic rings. The maximum Gasteiger partial charge on any atom is 0.00321 e. The lowest BCUT2D eigenvalue weighted by Crippen LogP contribution is -1.82. The van der Waals surface area contributed by atoms with Crippen LogP contribution in [0.2, 0.25) is 6.04 Å². The van der Waals surface area contributed by atoms with Crippen LogP contribution in [-0.4, -0.2) is 10.2 Å². The van der Waals surface area contributed by atoms with Gasteiger partial charge in [0.1, 0.15) is 0 Å². The molecule has 0 saturated heterocycles. The molecule has 0 aromatic heterocycles. The van der Waals surface area contributed by atoms with Gasteiger partial charge in [0.05, 0.1) is 0 Å². The van der Waals surface area contributed by atoms with Gasteiger partial charge in [0.2, 0.25) is 0 Å². The molecule has 0 fully saturated rings. The van der Waals surface area contributed by atoms with Gasteiger partial charge in [-0.05, 0) is 17.5 Å². The predicted octanol–water partition coefficient (Wildman–Crippen LogP) is 1.66. The van der Waals surface area contributed by atoms with Gasteiger partial charge in [0, 0.05) is 10.2 Å². The third-order valence-electron chi connectivity index (χ3n) is 1.75. The molecule has 0 saturated carbocycles. The first kappa shape index (κ1) is 8.28. The first-order chi connectivity index (χ1) is 5.36. The summed E-state index contributed by atoms with van der Waals surface area (Å²) in [7, 11) is 1.30. The minimum atomic E-state index is 1.21. The molecule has 0 unspecified atom stereocenters. The first-order valence-electron chi connectivity index (χ1n) is 4.08. The van der Waals surface area contributed by atoms with Crippen LogP contribution in [0.5, 0.6) is 0 Å². The van der Waals surface area contributed by atoms with E-state index in [9.17, 15) is 0 Å². The predicted molar refractivity (Wildman–Crippen MR) is 55.0 cm³/mol. The van der Waals surface area contributed by atoms with Crippen molar-refractivity contribution in [3.05, 3.63) is 42.0 Å². The summed E-state index contributed by atoms with van der Waals surface area (Å²) in [5.74, 6) is 0. The Morgan fingerprint density at radius 1 is 1.27 bits per heavy atom. The van der Waals surface area contributed by atoms with Crippen molar-refractivity contribution in [2.75, 3.05) is 0 Å². The topological polar surface area (TPSA) is 0 Å². The zero-order valence-corrected chi connectivity index (χ0v) is 9.01. The van der Waals surface area contributed by atoms with Crippen LogP contribution in [-0.2, 0) is 6.42 Å². The molecule has 1 rings (SSSR count). The van der Waals surface area contributed by atoms with E-state index in [0.717, 1.165) is 0 Å². The highest BCUT2D eigenvalue weighted by molar-refractivity contribution is 6.08.